The van der Waals surface area contributed by atoms with E-state index in [1.54, 1.807) is 0 Å². The van der Waals surface area contributed by atoms with Gasteiger partial charge in [-0.2, -0.15) is 8.78 Å². The van der Waals surface area contributed by atoms with E-state index in [1.165, 1.54) is 7.11 Å². The maximum atomic E-state index is 12.0. The number of methoxy groups -OCH3 is 1. The monoisotopic (exact) mass is 177 g/mol. The highest BCUT2D eigenvalue weighted by molar-refractivity contribution is 5.76. The van der Waals surface area contributed by atoms with Crippen LogP contribution < -0.4 is 5.32 Å². The number of hydrogen-bond acceptors (Lipinski definition) is 3. The third-order valence-electron chi connectivity index (χ3n) is 1.77. The molecule has 1 rings (SSSR count). The summed E-state index contributed by atoms with van der Waals surface area (Å²) >= 11 is 0. The van der Waals surface area contributed by atoms with Crippen molar-refractivity contribution in [1.82, 2.24) is 5.32 Å². The molecule has 0 amide bonds. The molecule has 1 saturated heterocycles. The Morgan fingerprint density at radius 2 is 2.33 bits per heavy atom. The predicted octanol–water partition coefficient (Wildman–Crippen LogP) is 0.672. The molecule has 0 bridgehead atoms. The first kappa shape index (κ1) is 9.12. The van der Waals surface area contributed by atoms with Crippen LogP contribution in [0.2, 0.25) is 0 Å². The van der Waals surface area contributed by atoms with Crippen LogP contribution in [-0.2, 0) is 9.53 Å². The molecule has 12 heavy (non-hydrogen) atoms. The van der Waals surface area contributed by atoms with Crippen molar-refractivity contribution < 1.29 is 18.3 Å². The van der Waals surface area contributed by atoms with Crippen LogP contribution in [0.4, 0.5) is 8.78 Å². The average molecular weight is 177 g/mol. The lowest BCUT2D eigenvalue weighted by molar-refractivity contribution is -0.142. The third kappa shape index (κ3) is 1.79. The minimum Gasteiger partial charge on any atom is -0.468 e. The van der Waals surface area contributed by atoms with E-state index in [4.69, 9.17) is 0 Å². The van der Waals surface area contributed by atoms with Gasteiger partial charge in [-0.15, -0.1) is 0 Å². The summed E-state index contributed by atoms with van der Waals surface area (Å²) in [4.78, 5) is 10.8. The van der Waals surface area contributed by atoms with Gasteiger partial charge in [0.25, 0.3) is 6.08 Å². The Labute approximate surface area is 68.4 Å². The smallest absolute Gasteiger partial charge is 0.323 e. The lowest BCUT2D eigenvalue weighted by Crippen LogP contribution is -2.31. The number of ether oxygens (including phenoxy) is 1. The van der Waals surface area contributed by atoms with Gasteiger partial charge in [-0.1, -0.05) is 0 Å². The van der Waals surface area contributed by atoms with Crippen LogP contribution in [0.25, 0.3) is 0 Å². The van der Waals surface area contributed by atoms with Gasteiger partial charge in [-0.05, 0) is 0 Å². The van der Waals surface area contributed by atoms with E-state index in [0.29, 0.717) is 0 Å². The van der Waals surface area contributed by atoms with Gasteiger partial charge in [-0.3, -0.25) is 4.79 Å². The van der Waals surface area contributed by atoms with E-state index < -0.39 is 18.1 Å². The molecule has 0 radical (unpaired) electrons. The van der Waals surface area contributed by atoms with Crippen LogP contribution in [0.3, 0.4) is 0 Å². The molecule has 0 aromatic rings. The highest BCUT2D eigenvalue weighted by atomic mass is 19.3. The number of halogens is 2. The summed E-state index contributed by atoms with van der Waals surface area (Å²) in [5, 5.41) is 2.63. The van der Waals surface area contributed by atoms with Crippen LogP contribution in [0.1, 0.15) is 6.42 Å². The minimum atomic E-state index is -1.70. The normalized spacial score (nSPS) is 22.6. The molecule has 0 saturated carbocycles. The van der Waals surface area contributed by atoms with E-state index in [-0.39, 0.29) is 18.5 Å². The fourth-order valence-electron chi connectivity index (χ4n) is 1.09. The number of rotatable bonds is 1. The number of carbonyl (C=O) groups is 1. The van der Waals surface area contributed by atoms with E-state index in [2.05, 4.69) is 10.1 Å². The zero-order chi connectivity index (χ0) is 9.14. The van der Waals surface area contributed by atoms with Gasteiger partial charge in [0.1, 0.15) is 6.04 Å². The van der Waals surface area contributed by atoms with Gasteiger partial charge in [-0.25, -0.2) is 0 Å². The Balaban J connectivity index is 2.57. The highest BCUT2D eigenvalue weighted by Gasteiger charge is 2.28. The van der Waals surface area contributed by atoms with Crippen molar-refractivity contribution in [3.05, 3.63) is 11.7 Å². The quantitative estimate of drug-likeness (QED) is 0.598. The summed E-state index contributed by atoms with van der Waals surface area (Å²) in [6.07, 6.45) is -1.65. The molecule has 68 valence electrons. The van der Waals surface area contributed by atoms with Gasteiger partial charge in [0.15, 0.2) is 0 Å². The molecule has 0 aromatic heterocycles. The SMILES string of the molecule is COC(=O)C1CC(=C(F)F)CN1. The van der Waals surface area contributed by atoms with E-state index >= 15 is 0 Å². The molecule has 1 atom stereocenters. The van der Waals surface area contributed by atoms with Crippen molar-refractivity contribution >= 4 is 5.97 Å². The first-order chi connectivity index (χ1) is 5.65. The van der Waals surface area contributed by atoms with Crippen molar-refractivity contribution in [2.24, 2.45) is 0 Å². The zero-order valence-electron chi connectivity index (χ0n) is 6.56. The zero-order valence-corrected chi connectivity index (χ0v) is 6.56. The first-order valence-corrected chi connectivity index (χ1v) is 3.49. The molecule has 1 aliphatic rings. The number of carbonyl (C=O) groups excluding carboxylic acids is 1. The highest BCUT2D eigenvalue weighted by Crippen LogP contribution is 2.19. The Bertz CT molecular complexity index is 223. The Morgan fingerprint density at radius 3 is 2.75 bits per heavy atom. The fraction of sp³-hybridized carbons (Fsp3) is 0.571. The summed E-state index contributed by atoms with van der Waals surface area (Å²) in [6.45, 7) is 0.0715. The molecule has 1 heterocycles. The van der Waals surface area contributed by atoms with Gasteiger partial charge >= 0.3 is 5.97 Å². The van der Waals surface area contributed by atoms with Crippen molar-refractivity contribution in [1.29, 1.82) is 0 Å². The second kappa shape index (κ2) is 3.62. The maximum Gasteiger partial charge on any atom is 0.323 e. The van der Waals surface area contributed by atoms with Crippen LogP contribution in [-0.4, -0.2) is 25.7 Å². The molecule has 1 N–H and O–H groups in total. The average Bonchev–Trinajstić information content (AvgIpc) is 2.51. The van der Waals surface area contributed by atoms with E-state index in [0.717, 1.165) is 0 Å². The Morgan fingerprint density at radius 1 is 1.67 bits per heavy atom. The van der Waals surface area contributed by atoms with Gasteiger partial charge in [0.2, 0.25) is 0 Å². The summed E-state index contributed by atoms with van der Waals surface area (Å²) < 4.78 is 28.3. The number of nitrogens with one attached hydrogen (secondary N) is 1. The molecule has 3 nitrogen and oxygen atoms in total. The molecule has 0 spiro atoms. The second-order valence-corrected chi connectivity index (χ2v) is 2.52. The van der Waals surface area contributed by atoms with Gasteiger partial charge < -0.3 is 10.1 Å². The molecular formula is C7H9F2NO2. The lowest BCUT2D eigenvalue weighted by atomic mass is 10.2. The predicted molar refractivity (Wildman–Crippen MR) is 37.7 cm³/mol. The second-order valence-electron chi connectivity index (χ2n) is 2.52. The molecular weight excluding hydrogens is 168 g/mol. The van der Waals surface area contributed by atoms with Crippen molar-refractivity contribution in [3.63, 3.8) is 0 Å². The fourth-order valence-corrected chi connectivity index (χ4v) is 1.09. The first-order valence-electron chi connectivity index (χ1n) is 3.49. The Hall–Kier alpha value is -0.970. The largest absolute Gasteiger partial charge is 0.468 e. The van der Waals surface area contributed by atoms with Crippen molar-refractivity contribution in [3.8, 4) is 0 Å². The molecule has 0 aliphatic carbocycles. The van der Waals surface area contributed by atoms with Crippen LogP contribution in [0, 0.1) is 0 Å². The van der Waals surface area contributed by atoms with Gasteiger partial charge in [0, 0.05) is 18.5 Å². The van der Waals surface area contributed by atoms with Crippen LogP contribution in [0.15, 0.2) is 11.7 Å². The Kier molecular flexibility index (Phi) is 2.75. The van der Waals surface area contributed by atoms with Crippen molar-refractivity contribution in [2.45, 2.75) is 12.5 Å². The number of hydrogen-bond donors (Lipinski definition) is 1. The van der Waals surface area contributed by atoms with Crippen LogP contribution in [0.5, 0.6) is 0 Å². The maximum absolute atomic E-state index is 12.0. The lowest BCUT2D eigenvalue weighted by Gasteiger charge is -2.04. The number of esters is 1. The molecule has 1 aliphatic heterocycles. The van der Waals surface area contributed by atoms with Crippen molar-refractivity contribution in [2.75, 3.05) is 13.7 Å². The minimum absolute atomic E-state index is 0.00889. The standard InChI is InChI=1S/C7H9F2NO2/c1-12-7(11)5-2-4(3-10-5)6(8)9/h5,10H,2-3H2,1H3. The van der Waals surface area contributed by atoms with Gasteiger partial charge in [0.05, 0.1) is 7.11 Å². The molecule has 0 aromatic carbocycles. The summed E-state index contributed by atoms with van der Waals surface area (Å²) in [7, 11) is 1.23. The van der Waals surface area contributed by atoms with Crippen LogP contribution >= 0.6 is 0 Å². The van der Waals surface area contributed by atoms with E-state index in [9.17, 15) is 13.6 Å². The summed E-state index contributed by atoms with van der Waals surface area (Å²) in [5.41, 5.74) is -0.00889. The molecule has 1 unspecified atom stereocenters. The summed E-state index contributed by atoms with van der Waals surface area (Å²) in [6, 6.07) is -0.605. The third-order valence-corrected chi connectivity index (χ3v) is 1.77. The van der Waals surface area contributed by atoms with E-state index in [1.807, 2.05) is 0 Å². The molecule has 5 heteroatoms. The topological polar surface area (TPSA) is 38.3 Å². The molecule has 1 fully saturated rings. The summed E-state index contributed by atoms with van der Waals surface area (Å²) in [5.74, 6) is -0.494.